The van der Waals surface area contributed by atoms with Crippen LogP contribution in [0, 0.1) is 0 Å². The Bertz CT molecular complexity index is 1030. The smallest absolute Gasteiger partial charge is 0.164 e. The number of aromatic nitrogens is 5. The summed E-state index contributed by atoms with van der Waals surface area (Å²) in [4.78, 5) is 12.1. The molecule has 4 rings (SSSR count). The quantitative estimate of drug-likeness (QED) is 0.497. The van der Waals surface area contributed by atoms with E-state index in [9.17, 15) is 0 Å². The number of fused-ring (bicyclic) bond motifs is 1. The average Bonchev–Trinajstić information content (AvgIpc) is 3.28. The molecule has 0 saturated carbocycles. The minimum atomic E-state index is 0.0815. The molecule has 0 saturated heterocycles. The highest BCUT2D eigenvalue weighted by molar-refractivity contribution is 9.10. The molecular weight excluding hydrogens is 378 g/mol. The fraction of sp³-hybridized carbons (Fsp3) is 0.105. The fourth-order valence-electron chi connectivity index (χ4n) is 2.87. The number of hydrogen-bond donors (Lipinski definition) is 1. The zero-order chi connectivity index (χ0) is 17.2. The van der Waals surface area contributed by atoms with Crippen LogP contribution in [0.1, 0.15) is 18.0 Å². The van der Waals surface area contributed by atoms with E-state index in [0.29, 0.717) is 5.82 Å². The van der Waals surface area contributed by atoms with Gasteiger partial charge in [0, 0.05) is 28.4 Å². The molecule has 1 aromatic carbocycles. The number of nitrogens with zero attached hydrogens (tertiary/aromatic N) is 4. The molecule has 0 spiro atoms. The second-order valence-corrected chi connectivity index (χ2v) is 6.70. The molecule has 4 aromatic rings. The zero-order valence-corrected chi connectivity index (χ0v) is 15.0. The predicted molar refractivity (Wildman–Crippen MR) is 102 cm³/mol. The first kappa shape index (κ1) is 15.8. The van der Waals surface area contributed by atoms with E-state index in [4.69, 9.17) is 0 Å². The Morgan fingerprint density at radius 3 is 3.04 bits per heavy atom. The molecule has 1 unspecified atom stereocenters. The molecule has 0 bridgehead atoms. The number of benzene rings is 1. The third-order valence-corrected chi connectivity index (χ3v) is 4.60. The van der Waals surface area contributed by atoms with Crippen LogP contribution >= 0.6 is 15.9 Å². The average molecular weight is 394 g/mol. The Kier molecular flexibility index (Phi) is 4.19. The highest BCUT2D eigenvalue weighted by Crippen LogP contribution is 2.26. The summed E-state index contributed by atoms with van der Waals surface area (Å²) in [5, 5.41) is 5.54. The molecule has 3 aromatic heterocycles. The third-order valence-electron chi connectivity index (χ3n) is 4.10. The van der Waals surface area contributed by atoms with Crippen LogP contribution in [-0.2, 0) is 0 Å². The van der Waals surface area contributed by atoms with E-state index in [0.717, 1.165) is 27.5 Å². The van der Waals surface area contributed by atoms with Gasteiger partial charge in [0.05, 0.1) is 17.8 Å². The maximum absolute atomic E-state index is 4.56. The van der Waals surface area contributed by atoms with Crippen molar-refractivity contribution in [3.05, 3.63) is 77.8 Å². The van der Waals surface area contributed by atoms with Gasteiger partial charge in [0.2, 0.25) is 0 Å². The van der Waals surface area contributed by atoms with Crippen molar-refractivity contribution in [1.82, 2.24) is 24.7 Å². The Morgan fingerprint density at radius 1 is 1.28 bits per heavy atom. The Hall–Kier alpha value is -2.73. The highest BCUT2D eigenvalue weighted by atomic mass is 79.9. The van der Waals surface area contributed by atoms with Gasteiger partial charge in [0.1, 0.15) is 5.65 Å². The van der Waals surface area contributed by atoms with Crippen molar-refractivity contribution in [3.63, 3.8) is 0 Å². The van der Waals surface area contributed by atoms with Crippen LogP contribution in [0.4, 0.5) is 0 Å². The number of H-pyrrole nitrogens is 1. The minimum Gasteiger partial charge on any atom is -0.346 e. The number of rotatable bonds is 5. The van der Waals surface area contributed by atoms with Gasteiger partial charge in [-0.15, -0.1) is 6.58 Å². The molecule has 0 aliphatic rings. The molecule has 124 valence electrons. The van der Waals surface area contributed by atoms with Crippen LogP contribution in [0.5, 0.6) is 0 Å². The lowest BCUT2D eigenvalue weighted by Crippen LogP contribution is -2.10. The van der Waals surface area contributed by atoms with Crippen molar-refractivity contribution in [2.45, 2.75) is 12.5 Å². The molecule has 3 heterocycles. The van der Waals surface area contributed by atoms with Crippen LogP contribution in [0.25, 0.3) is 22.4 Å². The van der Waals surface area contributed by atoms with Gasteiger partial charge < -0.3 is 4.98 Å². The Labute approximate surface area is 153 Å². The highest BCUT2D eigenvalue weighted by Gasteiger charge is 2.15. The van der Waals surface area contributed by atoms with Crippen molar-refractivity contribution < 1.29 is 0 Å². The Balaban J connectivity index is 1.71. The second kappa shape index (κ2) is 6.64. The number of aromatic amines is 1. The van der Waals surface area contributed by atoms with E-state index in [1.54, 1.807) is 6.20 Å². The van der Waals surface area contributed by atoms with Crippen LogP contribution in [0.3, 0.4) is 0 Å². The summed E-state index contributed by atoms with van der Waals surface area (Å²) in [5.41, 5.74) is 2.89. The first-order valence-electron chi connectivity index (χ1n) is 7.95. The molecule has 5 nitrogen and oxygen atoms in total. The molecule has 25 heavy (non-hydrogen) atoms. The zero-order valence-electron chi connectivity index (χ0n) is 13.4. The molecule has 1 N–H and O–H groups in total. The topological polar surface area (TPSA) is 59.4 Å². The van der Waals surface area contributed by atoms with Crippen molar-refractivity contribution >= 4 is 27.0 Å². The normalized spacial score (nSPS) is 12.4. The number of allylic oxidation sites excluding steroid dienone is 1. The largest absolute Gasteiger partial charge is 0.346 e. The lowest BCUT2D eigenvalue weighted by Gasteiger charge is -2.16. The molecule has 6 heteroatoms. The summed E-state index contributed by atoms with van der Waals surface area (Å²) in [7, 11) is 0. The van der Waals surface area contributed by atoms with Gasteiger partial charge in [-0.25, -0.2) is 9.97 Å². The van der Waals surface area contributed by atoms with Crippen molar-refractivity contribution in [3.8, 4) is 11.4 Å². The van der Waals surface area contributed by atoms with Crippen LogP contribution in [0.15, 0.2) is 72.2 Å². The molecular formula is C19H16BrN5. The van der Waals surface area contributed by atoms with E-state index in [1.807, 2.05) is 47.5 Å². The first-order chi connectivity index (χ1) is 12.2. The van der Waals surface area contributed by atoms with Gasteiger partial charge in [0.15, 0.2) is 5.82 Å². The monoisotopic (exact) mass is 393 g/mol. The maximum atomic E-state index is 4.56. The molecule has 0 amide bonds. The van der Waals surface area contributed by atoms with Gasteiger partial charge in [-0.1, -0.05) is 34.1 Å². The standard InChI is InChI=1S/C19H16BrN5/c1-2-4-17(13-5-3-6-16(20)9-13)25-12-15(11-23-25)19-22-10-14-7-8-21-18(14)24-19/h2-3,5-12,17H,1,4H2,(H,21,22,24). The van der Waals surface area contributed by atoms with Crippen LogP contribution in [0.2, 0.25) is 0 Å². The third kappa shape index (κ3) is 3.13. The second-order valence-electron chi connectivity index (χ2n) is 5.78. The number of hydrogen-bond acceptors (Lipinski definition) is 3. The number of halogens is 1. The van der Waals surface area contributed by atoms with Gasteiger partial charge in [0.25, 0.3) is 0 Å². The summed E-state index contributed by atoms with van der Waals surface area (Å²) in [5.74, 6) is 0.660. The lowest BCUT2D eigenvalue weighted by atomic mass is 10.0. The Morgan fingerprint density at radius 2 is 2.20 bits per heavy atom. The van der Waals surface area contributed by atoms with E-state index >= 15 is 0 Å². The molecule has 0 aliphatic carbocycles. The van der Waals surface area contributed by atoms with Gasteiger partial charge in [-0.05, 0) is 30.2 Å². The summed E-state index contributed by atoms with van der Waals surface area (Å²) in [6, 6.07) is 10.3. The minimum absolute atomic E-state index is 0.0815. The first-order valence-corrected chi connectivity index (χ1v) is 8.75. The van der Waals surface area contributed by atoms with E-state index in [-0.39, 0.29) is 6.04 Å². The summed E-state index contributed by atoms with van der Waals surface area (Å²) >= 11 is 3.54. The van der Waals surface area contributed by atoms with Gasteiger partial charge >= 0.3 is 0 Å². The van der Waals surface area contributed by atoms with Crippen LogP contribution < -0.4 is 0 Å². The predicted octanol–water partition coefficient (Wildman–Crippen LogP) is 4.75. The summed E-state index contributed by atoms with van der Waals surface area (Å²) in [6.07, 6.45) is 10.2. The van der Waals surface area contributed by atoms with Gasteiger partial charge in [-0.3, -0.25) is 4.68 Å². The SMILES string of the molecule is C=CCC(c1cccc(Br)c1)n1cc(-c2ncc3cc[nH]c3n2)cn1. The van der Waals surface area contributed by atoms with Crippen molar-refractivity contribution in [1.29, 1.82) is 0 Å². The summed E-state index contributed by atoms with van der Waals surface area (Å²) in [6.45, 7) is 3.89. The van der Waals surface area contributed by atoms with Gasteiger partial charge in [-0.2, -0.15) is 5.10 Å². The molecule has 0 aliphatic heterocycles. The summed E-state index contributed by atoms with van der Waals surface area (Å²) < 4.78 is 2.99. The maximum Gasteiger partial charge on any atom is 0.164 e. The van der Waals surface area contributed by atoms with E-state index in [2.05, 4.69) is 54.7 Å². The van der Waals surface area contributed by atoms with E-state index < -0.39 is 0 Å². The fourth-order valence-corrected chi connectivity index (χ4v) is 3.29. The molecule has 1 atom stereocenters. The van der Waals surface area contributed by atoms with Crippen molar-refractivity contribution in [2.75, 3.05) is 0 Å². The molecule has 0 fully saturated rings. The van der Waals surface area contributed by atoms with Crippen molar-refractivity contribution in [2.24, 2.45) is 0 Å². The van der Waals surface area contributed by atoms with E-state index in [1.165, 1.54) is 5.56 Å². The number of nitrogens with one attached hydrogen (secondary N) is 1. The molecule has 0 radical (unpaired) electrons. The lowest BCUT2D eigenvalue weighted by molar-refractivity contribution is 0.528. The van der Waals surface area contributed by atoms with Crippen LogP contribution in [-0.4, -0.2) is 24.7 Å².